The molecular formula is C16H14N2O2S2. The van der Waals surface area contributed by atoms with Crippen LogP contribution in [0.3, 0.4) is 0 Å². The van der Waals surface area contributed by atoms with Crippen molar-refractivity contribution in [3.8, 4) is 0 Å². The third-order valence-corrected chi connectivity index (χ3v) is 5.27. The maximum atomic E-state index is 12.2. The number of thiophene rings is 1. The zero-order valence-corrected chi connectivity index (χ0v) is 13.8. The van der Waals surface area contributed by atoms with Crippen LogP contribution in [-0.2, 0) is 7.05 Å². The Morgan fingerprint density at radius 3 is 2.73 bits per heavy atom. The maximum absolute atomic E-state index is 12.2. The van der Waals surface area contributed by atoms with Crippen molar-refractivity contribution >= 4 is 39.1 Å². The summed E-state index contributed by atoms with van der Waals surface area (Å²) in [5, 5.41) is 2.42. The van der Waals surface area contributed by atoms with Gasteiger partial charge in [-0.25, -0.2) is 4.98 Å². The number of fused-ring (bicyclic) bond motifs is 1. The Kier molecular flexibility index (Phi) is 4.13. The molecule has 2 aromatic heterocycles. The molecule has 22 heavy (non-hydrogen) atoms. The Balaban J connectivity index is 1.81. The molecule has 2 heterocycles. The molecule has 0 bridgehead atoms. The molecule has 6 heteroatoms. The van der Waals surface area contributed by atoms with Crippen LogP contribution in [0.4, 0.5) is 0 Å². The molecule has 0 aliphatic rings. The third-order valence-electron chi connectivity index (χ3n) is 3.35. The average Bonchev–Trinajstić information content (AvgIpc) is 2.98. The molecule has 0 aliphatic heterocycles. The molecule has 0 saturated carbocycles. The number of Topliss-reactive ketones (excluding diaryl/α,β-unsaturated/α-hetero) is 1. The minimum absolute atomic E-state index is 0.0321. The van der Waals surface area contributed by atoms with E-state index in [1.807, 2.05) is 42.6 Å². The van der Waals surface area contributed by atoms with Crippen LogP contribution in [0.5, 0.6) is 0 Å². The van der Waals surface area contributed by atoms with Gasteiger partial charge >= 0.3 is 0 Å². The van der Waals surface area contributed by atoms with E-state index in [0.717, 1.165) is 5.56 Å². The van der Waals surface area contributed by atoms with Crippen LogP contribution in [-0.4, -0.2) is 21.1 Å². The SMILES string of the molecule is Cc1ccc(C(=O)CSc2nc3ccsc3c(=O)n2C)cc1. The van der Waals surface area contributed by atoms with Crippen molar-refractivity contribution in [1.29, 1.82) is 0 Å². The molecule has 0 amide bonds. The zero-order chi connectivity index (χ0) is 15.7. The molecular weight excluding hydrogens is 316 g/mol. The van der Waals surface area contributed by atoms with Gasteiger partial charge in [-0.15, -0.1) is 11.3 Å². The van der Waals surface area contributed by atoms with E-state index in [2.05, 4.69) is 4.98 Å². The van der Waals surface area contributed by atoms with E-state index in [1.165, 1.54) is 27.7 Å². The quantitative estimate of drug-likeness (QED) is 0.418. The van der Waals surface area contributed by atoms with Gasteiger partial charge < -0.3 is 0 Å². The van der Waals surface area contributed by atoms with E-state index < -0.39 is 0 Å². The molecule has 0 radical (unpaired) electrons. The molecule has 4 nitrogen and oxygen atoms in total. The van der Waals surface area contributed by atoms with Gasteiger partial charge in [0.2, 0.25) is 0 Å². The van der Waals surface area contributed by atoms with E-state index in [-0.39, 0.29) is 17.1 Å². The van der Waals surface area contributed by atoms with E-state index >= 15 is 0 Å². The monoisotopic (exact) mass is 330 g/mol. The fourth-order valence-electron chi connectivity index (χ4n) is 2.05. The maximum Gasteiger partial charge on any atom is 0.271 e. The van der Waals surface area contributed by atoms with Crippen LogP contribution in [0.2, 0.25) is 0 Å². The van der Waals surface area contributed by atoms with Gasteiger partial charge in [0.15, 0.2) is 10.9 Å². The Labute approximate surface area is 135 Å². The molecule has 112 valence electrons. The molecule has 0 atom stereocenters. The summed E-state index contributed by atoms with van der Waals surface area (Å²) in [6.07, 6.45) is 0. The summed E-state index contributed by atoms with van der Waals surface area (Å²) in [5.41, 5.74) is 2.43. The van der Waals surface area contributed by atoms with Crippen molar-refractivity contribution in [3.05, 3.63) is 57.2 Å². The first-order valence-corrected chi connectivity index (χ1v) is 8.59. The highest BCUT2D eigenvalue weighted by molar-refractivity contribution is 7.99. The Bertz CT molecular complexity index is 895. The van der Waals surface area contributed by atoms with E-state index in [9.17, 15) is 9.59 Å². The van der Waals surface area contributed by atoms with Gasteiger partial charge in [-0.3, -0.25) is 14.2 Å². The molecule has 0 unspecified atom stereocenters. The number of benzene rings is 1. The number of rotatable bonds is 4. The van der Waals surface area contributed by atoms with Crippen molar-refractivity contribution < 1.29 is 4.79 Å². The summed E-state index contributed by atoms with van der Waals surface area (Å²) in [4.78, 5) is 28.9. The van der Waals surface area contributed by atoms with Gasteiger partial charge in [-0.2, -0.15) is 0 Å². The zero-order valence-electron chi connectivity index (χ0n) is 12.2. The molecule has 0 N–H and O–H groups in total. The normalized spacial score (nSPS) is 11.0. The highest BCUT2D eigenvalue weighted by atomic mass is 32.2. The number of thioether (sulfide) groups is 1. The molecule has 0 saturated heterocycles. The number of carbonyl (C=O) groups is 1. The minimum Gasteiger partial charge on any atom is -0.293 e. The molecule has 0 fully saturated rings. The van der Waals surface area contributed by atoms with Crippen molar-refractivity contribution in [1.82, 2.24) is 9.55 Å². The topological polar surface area (TPSA) is 52.0 Å². The Morgan fingerprint density at radius 2 is 2.00 bits per heavy atom. The van der Waals surface area contributed by atoms with E-state index in [1.54, 1.807) is 7.05 Å². The molecule has 3 aromatic rings. The van der Waals surface area contributed by atoms with Crippen molar-refractivity contribution in [2.24, 2.45) is 7.05 Å². The second-order valence-corrected chi connectivity index (χ2v) is 6.83. The number of hydrogen-bond acceptors (Lipinski definition) is 5. The van der Waals surface area contributed by atoms with Crippen molar-refractivity contribution in [3.63, 3.8) is 0 Å². The van der Waals surface area contributed by atoms with Crippen molar-refractivity contribution in [2.75, 3.05) is 5.75 Å². The Morgan fingerprint density at radius 1 is 1.27 bits per heavy atom. The Hall–Kier alpha value is -1.92. The van der Waals surface area contributed by atoms with Crippen LogP contribution in [0.1, 0.15) is 15.9 Å². The summed E-state index contributed by atoms with van der Waals surface area (Å²) in [6.45, 7) is 1.98. The minimum atomic E-state index is -0.0646. The lowest BCUT2D eigenvalue weighted by Gasteiger charge is -2.06. The summed E-state index contributed by atoms with van der Waals surface area (Å²) in [6, 6.07) is 9.32. The van der Waals surface area contributed by atoms with E-state index in [4.69, 9.17) is 0 Å². The molecule has 0 aliphatic carbocycles. The lowest BCUT2D eigenvalue weighted by atomic mass is 10.1. The number of aromatic nitrogens is 2. The number of ketones is 1. The highest BCUT2D eigenvalue weighted by Gasteiger charge is 2.12. The highest BCUT2D eigenvalue weighted by Crippen LogP contribution is 2.21. The number of carbonyl (C=O) groups excluding carboxylic acids is 1. The fourth-order valence-corrected chi connectivity index (χ4v) is 3.72. The first-order chi connectivity index (χ1) is 10.6. The van der Waals surface area contributed by atoms with Gasteiger partial charge in [-0.1, -0.05) is 41.6 Å². The second-order valence-electron chi connectivity index (χ2n) is 4.97. The van der Waals surface area contributed by atoms with Gasteiger partial charge in [0.05, 0.1) is 11.3 Å². The van der Waals surface area contributed by atoms with E-state index in [0.29, 0.717) is 20.9 Å². The standard InChI is InChI=1S/C16H14N2O2S2/c1-10-3-5-11(6-4-10)13(19)9-22-16-17-12-7-8-21-14(12)15(20)18(16)2/h3-8H,9H2,1-2H3. The van der Waals surface area contributed by atoms with Crippen LogP contribution in [0.25, 0.3) is 10.2 Å². The van der Waals surface area contributed by atoms with Crippen LogP contribution in [0.15, 0.2) is 45.7 Å². The van der Waals surface area contributed by atoms with Crippen LogP contribution < -0.4 is 5.56 Å². The van der Waals surface area contributed by atoms with Crippen LogP contribution >= 0.6 is 23.1 Å². The van der Waals surface area contributed by atoms with Crippen LogP contribution in [0, 0.1) is 6.92 Å². The lowest BCUT2D eigenvalue weighted by molar-refractivity contribution is 0.102. The molecule has 0 spiro atoms. The van der Waals surface area contributed by atoms with Gasteiger partial charge in [0.25, 0.3) is 5.56 Å². The molecule has 1 aromatic carbocycles. The summed E-state index contributed by atoms with van der Waals surface area (Å²) in [5.74, 6) is 0.295. The summed E-state index contributed by atoms with van der Waals surface area (Å²) in [7, 11) is 1.69. The number of hydrogen-bond donors (Lipinski definition) is 0. The molecule has 3 rings (SSSR count). The first kappa shape index (κ1) is 15.0. The van der Waals surface area contributed by atoms with Gasteiger partial charge in [0.1, 0.15) is 4.70 Å². The average molecular weight is 330 g/mol. The van der Waals surface area contributed by atoms with Gasteiger partial charge in [-0.05, 0) is 18.4 Å². The third kappa shape index (κ3) is 2.84. The number of nitrogens with zero attached hydrogens (tertiary/aromatic N) is 2. The lowest BCUT2D eigenvalue weighted by Crippen LogP contribution is -2.19. The predicted molar refractivity (Wildman–Crippen MR) is 91.1 cm³/mol. The number of aryl methyl sites for hydroxylation is 1. The van der Waals surface area contributed by atoms with Crippen molar-refractivity contribution in [2.45, 2.75) is 12.1 Å². The summed E-state index contributed by atoms with van der Waals surface area (Å²) < 4.78 is 2.16. The largest absolute Gasteiger partial charge is 0.293 e. The first-order valence-electron chi connectivity index (χ1n) is 6.73. The smallest absolute Gasteiger partial charge is 0.271 e. The predicted octanol–water partition coefficient (Wildman–Crippen LogP) is 3.28. The van der Waals surface area contributed by atoms with Gasteiger partial charge in [0, 0.05) is 12.6 Å². The second kappa shape index (κ2) is 6.06. The summed E-state index contributed by atoms with van der Waals surface area (Å²) >= 11 is 2.68. The fraction of sp³-hybridized carbons (Fsp3) is 0.188.